The van der Waals surface area contributed by atoms with Crippen molar-refractivity contribution >= 4 is 0 Å². The van der Waals surface area contributed by atoms with Crippen LogP contribution in [-0.2, 0) is 6.61 Å². The molecule has 0 amide bonds. The lowest BCUT2D eigenvalue weighted by atomic mass is 10.1. The molecule has 0 aromatic heterocycles. The number of rotatable bonds is 8. The van der Waals surface area contributed by atoms with Gasteiger partial charge in [0, 0.05) is 19.1 Å². The Bertz CT molecular complexity index is 599. The van der Waals surface area contributed by atoms with Gasteiger partial charge in [0.25, 0.3) is 0 Å². The number of ether oxygens (including phenoxy) is 1. The first-order chi connectivity index (χ1) is 11.1. The smallest absolute Gasteiger partial charge is 0.120 e. The minimum Gasteiger partial charge on any atom is -0.489 e. The van der Waals surface area contributed by atoms with Crippen LogP contribution in [0.4, 0.5) is 0 Å². The second kappa shape index (κ2) is 8.67. The Labute approximate surface area is 138 Å². The zero-order chi connectivity index (χ0) is 16.7. The molecular formula is C19H26N2O2. The number of likely N-dealkylation sites (N-methyl/N-ethyl adjacent to an activating group) is 1. The standard InChI is InChI=1S/C19H26N2O2/c1-15-6-8-16(9-7-15)14-23-18-5-3-4-17(12-18)19(13-20)21(2)10-11-22/h3-9,12,19,22H,10-11,13-14,20H2,1-2H3. The molecule has 0 heterocycles. The summed E-state index contributed by atoms with van der Waals surface area (Å²) in [5.41, 5.74) is 9.39. The predicted octanol–water partition coefficient (Wildman–Crippen LogP) is 2.50. The van der Waals surface area contributed by atoms with Gasteiger partial charge in [-0.3, -0.25) is 4.90 Å². The average molecular weight is 314 g/mol. The Morgan fingerprint density at radius 2 is 1.91 bits per heavy atom. The maximum absolute atomic E-state index is 9.11. The first-order valence-corrected chi connectivity index (χ1v) is 7.93. The SMILES string of the molecule is Cc1ccc(COc2cccc(C(CN)N(C)CCO)c2)cc1. The normalized spacial score (nSPS) is 12.4. The van der Waals surface area contributed by atoms with Gasteiger partial charge in [-0.1, -0.05) is 42.0 Å². The highest BCUT2D eigenvalue weighted by atomic mass is 16.5. The molecule has 124 valence electrons. The van der Waals surface area contributed by atoms with Crippen molar-refractivity contribution < 1.29 is 9.84 Å². The monoisotopic (exact) mass is 314 g/mol. The first kappa shape index (κ1) is 17.5. The number of aliphatic hydroxyl groups is 1. The van der Waals surface area contributed by atoms with Gasteiger partial charge in [-0.05, 0) is 37.2 Å². The Balaban J connectivity index is 2.05. The molecule has 0 bridgehead atoms. The van der Waals surface area contributed by atoms with E-state index in [0.29, 0.717) is 19.7 Å². The van der Waals surface area contributed by atoms with Crippen LogP contribution in [0.2, 0.25) is 0 Å². The third kappa shape index (κ3) is 5.06. The molecule has 0 aliphatic rings. The molecule has 1 unspecified atom stereocenters. The molecule has 2 aromatic rings. The van der Waals surface area contributed by atoms with E-state index in [1.54, 1.807) is 0 Å². The van der Waals surface area contributed by atoms with Crippen LogP contribution >= 0.6 is 0 Å². The van der Waals surface area contributed by atoms with E-state index in [0.717, 1.165) is 16.9 Å². The molecule has 0 saturated carbocycles. The van der Waals surface area contributed by atoms with E-state index in [2.05, 4.69) is 36.1 Å². The van der Waals surface area contributed by atoms with E-state index < -0.39 is 0 Å². The highest BCUT2D eigenvalue weighted by molar-refractivity contribution is 5.31. The summed E-state index contributed by atoms with van der Waals surface area (Å²) in [6, 6.07) is 16.4. The number of nitrogens with zero attached hydrogens (tertiary/aromatic N) is 1. The summed E-state index contributed by atoms with van der Waals surface area (Å²) in [5.74, 6) is 0.832. The molecule has 4 heteroatoms. The number of aliphatic hydroxyl groups excluding tert-OH is 1. The van der Waals surface area contributed by atoms with Gasteiger partial charge < -0.3 is 15.6 Å². The third-order valence-corrected chi connectivity index (χ3v) is 3.98. The van der Waals surface area contributed by atoms with Crippen LogP contribution in [0, 0.1) is 6.92 Å². The number of aryl methyl sites for hydroxylation is 1. The largest absolute Gasteiger partial charge is 0.489 e. The van der Waals surface area contributed by atoms with Gasteiger partial charge in [-0.15, -0.1) is 0 Å². The van der Waals surface area contributed by atoms with Gasteiger partial charge in [0.2, 0.25) is 0 Å². The van der Waals surface area contributed by atoms with Crippen molar-refractivity contribution in [3.05, 3.63) is 65.2 Å². The summed E-state index contributed by atoms with van der Waals surface area (Å²) in [4.78, 5) is 2.05. The summed E-state index contributed by atoms with van der Waals surface area (Å²) < 4.78 is 5.90. The minimum atomic E-state index is 0.0741. The molecule has 2 aromatic carbocycles. The molecule has 1 atom stereocenters. The van der Waals surface area contributed by atoms with Crippen molar-refractivity contribution in [1.82, 2.24) is 4.90 Å². The lowest BCUT2D eigenvalue weighted by Gasteiger charge is -2.26. The zero-order valence-corrected chi connectivity index (χ0v) is 13.9. The predicted molar refractivity (Wildman–Crippen MR) is 93.5 cm³/mol. The van der Waals surface area contributed by atoms with E-state index in [1.165, 1.54) is 5.56 Å². The Morgan fingerprint density at radius 3 is 2.57 bits per heavy atom. The lowest BCUT2D eigenvalue weighted by Crippen LogP contribution is -2.32. The van der Waals surface area contributed by atoms with Crippen molar-refractivity contribution in [3.63, 3.8) is 0 Å². The van der Waals surface area contributed by atoms with Gasteiger partial charge in [0.1, 0.15) is 12.4 Å². The Hall–Kier alpha value is -1.88. The average Bonchev–Trinajstić information content (AvgIpc) is 2.56. The van der Waals surface area contributed by atoms with E-state index >= 15 is 0 Å². The second-order valence-corrected chi connectivity index (χ2v) is 5.80. The second-order valence-electron chi connectivity index (χ2n) is 5.80. The molecule has 0 aliphatic carbocycles. The van der Waals surface area contributed by atoms with E-state index in [1.807, 2.05) is 31.3 Å². The lowest BCUT2D eigenvalue weighted by molar-refractivity contribution is 0.183. The van der Waals surface area contributed by atoms with Gasteiger partial charge in [0.15, 0.2) is 0 Å². The number of nitrogens with two attached hydrogens (primary N) is 1. The Kier molecular flexibility index (Phi) is 6.59. The van der Waals surface area contributed by atoms with Crippen molar-refractivity contribution in [2.24, 2.45) is 5.73 Å². The van der Waals surface area contributed by atoms with E-state index in [9.17, 15) is 0 Å². The van der Waals surface area contributed by atoms with Crippen LogP contribution in [0.5, 0.6) is 5.75 Å². The molecular weight excluding hydrogens is 288 g/mol. The van der Waals surface area contributed by atoms with Crippen molar-refractivity contribution in [3.8, 4) is 5.75 Å². The maximum atomic E-state index is 9.11. The van der Waals surface area contributed by atoms with Crippen LogP contribution in [0.3, 0.4) is 0 Å². The Morgan fingerprint density at radius 1 is 1.17 bits per heavy atom. The molecule has 0 aliphatic heterocycles. The first-order valence-electron chi connectivity index (χ1n) is 7.93. The molecule has 0 saturated heterocycles. The number of hydrogen-bond acceptors (Lipinski definition) is 4. The number of benzene rings is 2. The topological polar surface area (TPSA) is 58.7 Å². The van der Waals surface area contributed by atoms with Gasteiger partial charge in [0.05, 0.1) is 6.61 Å². The molecule has 0 fully saturated rings. The van der Waals surface area contributed by atoms with Crippen LogP contribution < -0.4 is 10.5 Å². The fraction of sp³-hybridized carbons (Fsp3) is 0.368. The van der Waals surface area contributed by atoms with Crippen LogP contribution in [0.1, 0.15) is 22.7 Å². The molecule has 0 radical (unpaired) electrons. The maximum Gasteiger partial charge on any atom is 0.120 e. The minimum absolute atomic E-state index is 0.0741. The summed E-state index contributed by atoms with van der Waals surface area (Å²) in [7, 11) is 1.97. The van der Waals surface area contributed by atoms with Crippen molar-refractivity contribution in [2.45, 2.75) is 19.6 Å². The van der Waals surface area contributed by atoms with E-state index in [4.69, 9.17) is 15.6 Å². The summed E-state index contributed by atoms with van der Waals surface area (Å²) in [6.45, 7) is 3.83. The fourth-order valence-corrected chi connectivity index (χ4v) is 2.55. The van der Waals surface area contributed by atoms with Crippen molar-refractivity contribution in [1.29, 1.82) is 0 Å². The van der Waals surface area contributed by atoms with E-state index in [-0.39, 0.29) is 12.6 Å². The van der Waals surface area contributed by atoms with Gasteiger partial charge >= 0.3 is 0 Å². The molecule has 3 N–H and O–H groups in total. The van der Waals surface area contributed by atoms with Crippen LogP contribution in [-0.4, -0.2) is 36.8 Å². The zero-order valence-electron chi connectivity index (χ0n) is 13.9. The fourth-order valence-electron chi connectivity index (χ4n) is 2.55. The van der Waals surface area contributed by atoms with Gasteiger partial charge in [-0.2, -0.15) is 0 Å². The number of hydrogen-bond donors (Lipinski definition) is 2. The summed E-state index contributed by atoms with van der Waals surface area (Å²) in [5, 5.41) is 9.11. The highest BCUT2D eigenvalue weighted by Gasteiger charge is 2.15. The van der Waals surface area contributed by atoms with Crippen LogP contribution in [0.15, 0.2) is 48.5 Å². The summed E-state index contributed by atoms with van der Waals surface area (Å²) in [6.07, 6.45) is 0. The molecule has 0 spiro atoms. The quantitative estimate of drug-likeness (QED) is 0.786. The van der Waals surface area contributed by atoms with Crippen LogP contribution in [0.25, 0.3) is 0 Å². The summed E-state index contributed by atoms with van der Waals surface area (Å²) >= 11 is 0. The van der Waals surface area contributed by atoms with Crippen molar-refractivity contribution in [2.75, 3.05) is 26.7 Å². The molecule has 23 heavy (non-hydrogen) atoms. The molecule has 2 rings (SSSR count). The third-order valence-electron chi connectivity index (χ3n) is 3.98. The van der Waals surface area contributed by atoms with Gasteiger partial charge in [-0.25, -0.2) is 0 Å². The highest BCUT2D eigenvalue weighted by Crippen LogP contribution is 2.23. The molecule has 4 nitrogen and oxygen atoms in total.